The van der Waals surface area contributed by atoms with Crippen molar-refractivity contribution in [3.8, 4) is 5.88 Å². The summed E-state index contributed by atoms with van der Waals surface area (Å²) in [6.45, 7) is 0.826. The number of rotatable bonds is 10. The highest BCUT2D eigenvalue weighted by molar-refractivity contribution is 7.89. The molecule has 13 heteroatoms. The van der Waals surface area contributed by atoms with Gasteiger partial charge in [0.15, 0.2) is 5.78 Å². The second-order valence-electron chi connectivity index (χ2n) is 10.7. The first-order valence-corrected chi connectivity index (χ1v) is 14.3. The van der Waals surface area contributed by atoms with E-state index in [-0.39, 0.29) is 48.8 Å². The zero-order chi connectivity index (χ0) is 28.2. The fourth-order valence-electron chi connectivity index (χ4n) is 4.85. The number of benzene rings is 1. The summed E-state index contributed by atoms with van der Waals surface area (Å²) in [5.41, 5.74) is -1.49. The van der Waals surface area contributed by atoms with Crippen LogP contribution in [0.2, 0.25) is 0 Å². The third-order valence-corrected chi connectivity index (χ3v) is 9.75. The maximum Gasteiger partial charge on any atom is 0.397 e. The SMILES string of the molecule is C[C@H]1[C@H](F)C[C@@H](C(=O)CCc2cc(OCC3(C(F)(F)F)CC3)nc(C3CC3)n2)N1S(=O)(=O)c1ccc(F)cc1. The van der Waals surface area contributed by atoms with Crippen molar-refractivity contribution in [2.75, 3.05) is 6.61 Å². The molecule has 3 atom stereocenters. The summed E-state index contributed by atoms with van der Waals surface area (Å²) in [7, 11) is -4.29. The van der Waals surface area contributed by atoms with Gasteiger partial charge in [-0.25, -0.2) is 22.2 Å². The molecule has 0 unspecified atom stereocenters. The van der Waals surface area contributed by atoms with E-state index < -0.39 is 58.1 Å². The Bertz CT molecular complexity index is 1340. The van der Waals surface area contributed by atoms with Gasteiger partial charge in [-0.3, -0.25) is 4.79 Å². The number of ketones is 1. The Labute approximate surface area is 222 Å². The van der Waals surface area contributed by atoms with Crippen molar-refractivity contribution in [3.05, 3.63) is 47.7 Å². The Morgan fingerprint density at radius 3 is 2.41 bits per heavy atom. The van der Waals surface area contributed by atoms with Gasteiger partial charge in [-0.1, -0.05) is 0 Å². The molecular weight excluding hydrogens is 545 g/mol. The number of carbonyl (C=O) groups is 1. The topological polar surface area (TPSA) is 89.5 Å². The zero-order valence-electron chi connectivity index (χ0n) is 21.1. The molecule has 0 N–H and O–H groups in total. The number of aryl methyl sites for hydroxylation is 1. The number of hydrogen-bond donors (Lipinski definition) is 0. The number of carbonyl (C=O) groups excluding carboxylic acids is 1. The number of aromatic nitrogens is 2. The minimum absolute atomic E-state index is 0.00342. The Balaban J connectivity index is 1.31. The first-order chi connectivity index (χ1) is 18.3. The van der Waals surface area contributed by atoms with E-state index in [0.29, 0.717) is 11.5 Å². The van der Waals surface area contributed by atoms with E-state index in [1.807, 2.05) is 0 Å². The lowest BCUT2D eigenvalue weighted by molar-refractivity contribution is -0.194. The normalized spacial score (nSPS) is 25.0. The van der Waals surface area contributed by atoms with Crippen molar-refractivity contribution in [2.24, 2.45) is 5.41 Å². The zero-order valence-corrected chi connectivity index (χ0v) is 21.9. The van der Waals surface area contributed by atoms with Crippen LogP contribution < -0.4 is 4.74 Å². The number of nitrogens with zero attached hydrogens (tertiary/aromatic N) is 3. The fourth-order valence-corrected chi connectivity index (χ4v) is 6.69. The molecule has 2 aromatic rings. The molecule has 2 heterocycles. The number of sulfonamides is 1. The van der Waals surface area contributed by atoms with Crippen molar-refractivity contribution < 1.29 is 39.9 Å². The van der Waals surface area contributed by atoms with Gasteiger partial charge in [0, 0.05) is 30.5 Å². The maximum absolute atomic E-state index is 14.7. The minimum Gasteiger partial charge on any atom is -0.477 e. The highest BCUT2D eigenvalue weighted by Gasteiger charge is 2.64. The van der Waals surface area contributed by atoms with Crippen LogP contribution >= 0.6 is 0 Å². The predicted octanol–water partition coefficient (Wildman–Crippen LogP) is 4.91. The third-order valence-electron chi connectivity index (χ3n) is 7.74. The molecule has 1 aromatic carbocycles. The van der Waals surface area contributed by atoms with Crippen LogP contribution in [0, 0.1) is 11.2 Å². The molecule has 2 aliphatic carbocycles. The van der Waals surface area contributed by atoms with Crippen LogP contribution in [-0.4, -0.2) is 59.5 Å². The van der Waals surface area contributed by atoms with Gasteiger partial charge in [-0.05, 0) is 63.3 Å². The van der Waals surface area contributed by atoms with Crippen molar-refractivity contribution in [2.45, 2.75) is 87.1 Å². The molecule has 212 valence electrons. The lowest BCUT2D eigenvalue weighted by Crippen LogP contribution is -2.44. The van der Waals surface area contributed by atoms with Gasteiger partial charge >= 0.3 is 6.18 Å². The summed E-state index contributed by atoms with van der Waals surface area (Å²) in [6, 6.07) is 3.12. The minimum atomic E-state index is -4.37. The van der Waals surface area contributed by atoms with Crippen LogP contribution in [0.5, 0.6) is 5.88 Å². The second-order valence-corrected chi connectivity index (χ2v) is 12.5. The molecule has 1 saturated heterocycles. The monoisotopic (exact) mass is 573 g/mol. The largest absolute Gasteiger partial charge is 0.477 e. The number of Topliss-reactive ketones (excluding diaryl/α,β-unsaturated/α-hetero) is 1. The first kappa shape index (κ1) is 27.9. The smallest absolute Gasteiger partial charge is 0.397 e. The molecule has 0 amide bonds. The van der Waals surface area contributed by atoms with Crippen molar-refractivity contribution in [1.29, 1.82) is 0 Å². The molecule has 2 saturated carbocycles. The summed E-state index contributed by atoms with van der Waals surface area (Å²) in [5, 5.41) is 0. The first-order valence-electron chi connectivity index (χ1n) is 12.8. The van der Waals surface area contributed by atoms with Gasteiger partial charge in [0.2, 0.25) is 15.9 Å². The molecule has 5 rings (SSSR count). The molecule has 3 fully saturated rings. The van der Waals surface area contributed by atoms with Crippen LogP contribution in [0.15, 0.2) is 35.2 Å². The summed E-state index contributed by atoms with van der Waals surface area (Å²) in [5.74, 6) is -0.645. The van der Waals surface area contributed by atoms with E-state index >= 15 is 0 Å². The Morgan fingerprint density at radius 1 is 1.15 bits per heavy atom. The summed E-state index contributed by atoms with van der Waals surface area (Å²) >= 11 is 0. The average Bonchev–Trinajstić information content (AvgIpc) is 3.79. The molecule has 1 aromatic heterocycles. The van der Waals surface area contributed by atoms with Gasteiger partial charge in [0.05, 0.1) is 17.0 Å². The quantitative estimate of drug-likeness (QED) is 0.376. The summed E-state index contributed by atoms with van der Waals surface area (Å²) < 4.78 is 101. The highest BCUT2D eigenvalue weighted by Crippen LogP contribution is 2.57. The summed E-state index contributed by atoms with van der Waals surface area (Å²) in [6.07, 6.45) is -4.73. The molecule has 7 nitrogen and oxygen atoms in total. The standard InChI is InChI=1S/C26H28F5N3O4S/c1-15-20(28)13-21(34(15)39(36,37)19-7-4-17(27)5-8-19)22(35)9-6-18-12-23(33-24(32-18)16-2-3-16)38-14-25(10-11-25)26(29,30)31/h4-5,7-8,12,15-16,20-21H,2-3,6,9-11,13-14H2,1H3/t15-,20+,21-/m0/s1. The highest BCUT2D eigenvalue weighted by atomic mass is 32.2. The number of ether oxygens (including phenoxy) is 1. The van der Waals surface area contributed by atoms with Crippen LogP contribution in [0.3, 0.4) is 0 Å². The van der Waals surface area contributed by atoms with Gasteiger partial charge in [-0.15, -0.1) is 0 Å². The van der Waals surface area contributed by atoms with Crippen LogP contribution in [0.4, 0.5) is 22.0 Å². The van der Waals surface area contributed by atoms with Gasteiger partial charge in [0.1, 0.15) is 29.8 Å². The van der Waals surface area contributed by atoms with Gasteiger partial charge < -0.3 is 4.74 Å². The molecule has 0 bridgehead atoms. The number of hydrogen-bond acceptors (Lipinski definition) is 6. The van der Waals surface area contributed by atoms with E-state index in [4.69, 9.17) is 4.74 Å². The molecular formula is C26H28F5N3O4S. The van der Waals surface area contributed by atoms with Gasteiger partial charge in [0.25, 0.3) is 0 Å². The molecule has 39 heavy (non-hydrogen) atoms. The average molecular weight is 574 g/mol. The third kappa shape index (κ3) is 5.65. The lowest BCUT2D eigenvalue weighted by atomic mass is 10.0. The maximum atomic E-state index is 14.7. The van der Waals surface area contributed by atoms with Crippen molar-refractivity contribution in [3.63, 3.8) is 0 Å². The molecule has 0 radical (unpaired) electrons. The number of halogens is 5. The van der Waals surface area contributed by atoms with Crippen molar-refractivity contribution >= 4 is 15.8 Å². The van der Waals surface area contributed by atoms with E-state index in [0.717, 1.165) is 41.4 Å². The molecule has 0 spiro atoms. The molecule has 3 aliphatic rings. The Kier molecular flexibility index (Phi) is 7.19. The fraction of sp³-hybridized carbons (Fsp3) is 0.577. The van der Waals surface area contributed by atoms with E-state index in [9.17, 15) is 35.2 Å². The van der Waals surface area contributed by atoms with Gasteiger partial charge in [-0.2, -0.15) is 22.5 Å². The van der Waals surface area contributed by atoms with E-state index in [1.165, 1.54) is 13.0 Å². The Hall–Kier alpha value is -2.67. The second kappa shape index (κ2) is 10.1. The van der Waals surface area contributed by atoms with Crippen LogP contribution in [0.25, 0.3) is 0 Å². The van der Waals surface area contributed by atoms with Crippen LogP contribution in [-0.2, 0) is 21.2 Å². The summed E-state index contributed by atoms with van der Waals surface area (Å²) in [4.78, 5) is 21.7. The lowest BCUT2D eigenvalue weighted by Gasteiger charge is -2.26. The van der Waals surface area contributed by atoms with Crippen molar-refractivity contribution in [1.82, 2.24) is 14.3 Å². The van der Waals surface area contributed by atoms with Crippen LogP contribution in [0.1, 0.15) is 62.9 Å². The van der Waals surface area contributed by atoms with E-state index in [1.54, 1.807) is 0 Å². The predicted molar refractivity (Wildman–Crippen MR) is 129 cm³/mol. The van der Waals surface area contributed by atoms with E-state index in [2.05, 4.69) is 9.97 Å². The Morgan fingerprint density at radius 2 is 1.82 bits per heavy atom. The molecule has 1 aliphatic heterocycles. The number of alkyl halides is 4.